The van der Waals surface area contributed by atoms with Crippen LogP contribution in [-0.2, 0) is 6.54 Å². The average molecular weight is 268 g/mol. The van der Waals surface area contributed by atoms with Crippen LogP contribution in [-0.4, -0.2) is 31.4 Å². The van der Waals surface area contributed by atoms with Crippen molar-refractivity contribution in [2.45, 2.75) is 19.9 Å². The minimum atomic E-state index is -0.523. The van der Waals surface area contributed by atoms with Gasteiger partial charge in [-0.1, -0.05) is 18.3 Å². The van der Waals surface area contributed by atoms with Gasteiger partial charge in [0.05, 0.1) is 17.4 Å². The molecule has 2 rings (SSSR count). The van der Waals surface area contributed by atoms with E-state index in [-0.39, 0.29) is 5.82 Å². The van der Waals surface area contributed by atoms with Gasteiger partial charge < -0.3 is 15.4 Å². The quantitative estimate of drug-likeness (QED) is 0.629. The highest BCUT2D eigenvalue weighted by Crippen LogP contribution is 2.16. The van der Waals surface area contributed by atoms with E-state index in [0.29, 0.717) is 6.54 Å². The van der Waals surface area contributed by atoms with Gasteiger partial charge in [-0.15, -0.1) is 10.2 Å². The molecule has 0 atom stereocenters. The fourth-order valence-electron chi connectivity index (χ4n) is 1.30. The van der Waals surface area contributed by atoms with Crippen LogP contribution in [0.2, 0.25) is 0 Å². The van der Waals surface area contributed by atoms with Gasteiger partial charge in [0, 0.05) is 6.54 Å². The molecule has 0 aliphatic rings. The lowest BCUT2D eigenvalue weighted by Crippen LogP contribution is -2.00. The third kappa shape index (κ3) is 3.00. The minimum Gasteiger partial charge on any atom is -0.360 e. The van der Waals surface area contributed by atoms with Gasteiger partial charge >= 0.3 is 5.82 Å². The Morgan fingerprint density at radius 2 is 2.39 bits per heavy atom. The maximum atomic E-state index is 10.5. The molecule has 0 amide bonds. The van der Waals surface area contributed by atoms with Crippen LogP contribution in [0.5, 0.6) is 0 Å². The zero-order valence-electron chi connectivity index (χ0n) is 9.74. The topological polar surface area (TPSA) is 98.8 Å². The second-order valence-corrected chi connectivity index (χ2v) is 4.62. The molecule has 0 unspecified atom stereocenters. The fraction of sp³-hybridized carbons (Fsp3) is 0.444. The Morgan fingerprint density at radius 3 is 3.06 bits per heavy atom. The molecule has 0 aliphatic carbocycles. The molecule has 96 valence electrons. The first-order valence-corrected chi connectivity index (χ1v) is 6.24. The summed E-state index contributed by atoms with van der Waals surface area (Å²) in [6.45, 7) is 3.30. The third-order valence-electron chi connectivity index (χ3n) is 2.10. The summed E-state index contributed by atoms with van der Waals surface area (Å²) in [7, 11) is 0. The number of nitro groups is 1. The lowest BCUT2D eigenvalue weighted by molar-refractivity contribution is -0.389. The van der Waals surface area contributed by atoms with Crippen LogP contribution >= 0.6 is 11.3 Å². The smallest absolute Gasteiger partial charge is 0.360 e. The highest BCUT2D eigenvalue weighted by atomic mass is 32.1. The van der Waals surface area contributed by atoms with Gasteiger partial charge in [-0.05, 0) is 11.3 Å². The van der Waals surface area contributed by atoms with E-state index in [1.807, 2.05) is 0 Å². The maximum absolute atomic E-state index is 10.5. The second-order valence-electron chi connectivity index (χ2n) is 3.56. The van der Waals surface area contributed by atoms with Gasteiger partial charge in [0.15, 0.2) is 0 Å². The summed E-state index contributed by atoms with van der Waals surface area (Å²) in [6, 6.07) is 1.36. The Labute approximate surface area is 107 Å². The standard InChI is InChI=1S/C9H12N6O2S/c1-2-4-10-9-12-11-8(18-9)6-14-5-3-7(13-14)15(16)17/h3,5H,2,4,6H2,1H3,(H,10,12). The summed E-state index contributed by atoms with van der Waals surface area (Å²) in [5, 5.41) is 26.9. The molecule has 8 nitrogen and oxygen atoms in total. The maximum Gasteiger partial charge on any atom is 0.389 e. The molecule has 0 aromatic carbocycles. The molecule has 18 heavy (non-hydrogen) atoms. The highest BCUT2D eigenvalue weighted by Gasteiger charge is 2.12. The van der Waals surface area contributed by atoms with Crippen LogP contribution < -0.4 is 5.32 Å². The van der Waals surface area contributed by atoms with E-state index >= 15 is 0 Å². The van der Waals surface area contributed by atoms with Crippen molar-refractivity contribution >= 4 is 22.3 Å². The molecule has 0 aliphatic heterocycles. The van der Waals surface area contributed by atoms with Crippen molar-refractivity contribution in [1.82, 2.24) is 20.0 Å². The first kappa shape index (κ1) is 12.4. The van der Waals surface area contributed by atoms with Crippen LogP contribution in [0, 0.1) is 10.1 Å². The predicted molar refractivity (Wildman–Crippen MR) is 66.7 cm³/mol. The van der Waals surface area contributed by atoms with Crippen molar-refractivity contribution < 1.29 is 4.92 Å². The Balaban J connectivity index is 1.99. The van der Waals surface area contributed by atoms with Crippen LogP contribution in [0.3, 0.4) is 0 Å². The molecule has 9 heteroatoms. The lowest BCUT2D eigenvalue weighted by Gasteiger charge is -1.95. The van der Waals surface area contributed by atoms with Gasteiger partial charge in [0.2, 0.25) is 5.13 Å². The minimum absolute atomic E-state index is 0.163. The number of anilines is 1. The van der Waals surface area contributed by atoms with E-state index < -0.39 is 4.92 Å². The Hall–Kier alpha value is -2.03. The third-order valence-corrected chi connectivity index (χ3v) is 2.97. The molecule has 2 heterocycles. The molecule has 0 spiro atoms. The Bertz CT molecular complexity index is 537. The highest BCUT2D eigenvalue weighted by molar-refractivity contribution is 7.15. The number of hydrogen-bond acceptors (Lipinski definition) is 7. The summed E-state index contributed by atoms with van der Waals surface area (Å²) in [5.74, 6) is -0.163. The molecule has 0 saturated carbocycles. The molecule has 0 fully saturated rings. The van der Waals surface area contributed by atoms with E-state index in [4.69, 9.17) is 0 Å². The Morgan fingerprint density at radius 1 is 1.56 bits per heavy atom. The molecule has 0 radical (unpaired) electrons. The van der Waals surface area contributed by atoms with Gasteiger partial charge in [-0.2, -0.15) is 4.68 Å². The van der Waals surface area contributed by atoms with Gasteiger partial charge in [0.25, 0.3) is 0 Å². The SMILES string of the molecule is CCCNc1nnc(Cn2ccc([N+](=O)[O-])n2)s1. The van der Waals surface area contributed by atoms with Crippen molar-refractivity contribution in [2.75, 3.05) is 11.9 Å². The summed E-state index contributed by atoms with van der Waals surface area (Å²) >= 11 is 1.42. The van der Waals surface area contributed by atoms with Gasteiger partial charge in [0.1, 0.15) is 11.6 Å². The van der Waals surface area contributed by atoms with Gasteiger partial charge in [-0.25, -0.2) is 0 Å². The average Bonchev–Trinajstić information content (AvgIpc) is 2.96. The first-order valence-electron chi connectivity index (χ1n) is 5.43. The molecule has 0 bridgehead atoms. The van der Waals surface area contributed by atoms with Crippen molar-refractivity contribution in [3.8, 4) is 0 Å². The van der Waals surface area contributed by atoms with Crippen molar-refractivity contribution in [3.05, 3.63) is 27.4 Å². The summed E-state index contributed by atoms with van der Waals surface area (Å²) in [4.78, 5) is 9.96. The number of nitrogens with zero attached hydrogens (tertiary/aromatic N) is 5. The number of aromatic nitrogens is 4. The molecule has 2 aromatic rings. The van der Waals surface area contributed by atoms with E-state index in [0.717, 1.165) is 23.1 Å². The fourth-order valence-corrected chi connectivity index (χ4v) is 2.05. The van der Waals surface area contributed by atoms with Crippen molar-refractivity contribution in [3.63, 3.8) is 0 Å². The van der Waals surface area contributed by atoms with E-state index in [1.54, 1.807) is 6.20 Å². The molecule has 1 N–H and O–H groups in total. The van der Waals surface area contributed by atoms with Gasteiger partial charge in [-0.3, -0.25) is 0 Å². The summed E-state index contributed by atoms with van der Waals surface area (Å²) in [5.41, 5.74) is 0. The zero-order valence-corrected chi connectivity index (χ0v) is 10.6. The first-order chi connectivity index (χ1) is 8.69. The second kappa shape index (κ2) is 5.54. The molecule has 0 saturated heterocycles. The van der Waals surface area contributed by atoms with Crippen LogP contribution in [0.1, 0.15) is 18.4 Å². The van der Waals surface area contributed by atoms with E-state index in [1.165, 1.54) is 22.1 Å². The van der Waals surface area contributed by atoms with Crippen LogP contribution in [0.4, 0.5) is 10.9 Å². The van der Waals surface area contributed by atoms with Crippen molar-refractivity contribution in [2.24, 2.45) is 0 Å². The summed E-state index contributed by atoms with van der Waals surface area (Å²) in [6.07, 6.45) is 2.57. The monoisotopic (exact) mass is 268 g/mol. The normalized spacial score (nSPS) is 10.5. The Kier molecular flexibility index (Phi) is 3.82. The number of rotatable bonds is 6. The van der Waals surface area contributed by atoms with Crippen LogP contribution in [0.25, 0.3) is 0 Å². The number of nitrogens with one attached hydrogen (secondary N) is 1. The lowest BCUT2D eigenvalue weighted by atomic mass is 10.5. The number of hydrogen-bond donors (Lipinski definition) is 1. The summed E-state index contributed by atoms with van der Waals surface area (Å²) < 4.78 is 1.47. The van der Waals surface area contributed by atoms with Crippen LogP contribution in [0.15, 0.2) is 12.3 Å². The predicted octanol–water partition coefficient (Wildman–Crippen LogP) is 1.51. The zero-order chi connectivity index (χ0) is 13.0. The van der Waals surface area contributed by atoms with E-state index in [9.17, 15) is 10.1 Å². The molecular weight excluding hydrogens is 256 g/mol. The van der Waals surface area contributed by atoms with E-state index in [2.05, 4.69) is 27.5 Å². The largest absolute Gasteiger partial charge is 0.389 e. The van der Waals surface area contributed by atoms with Crippen molar-refractivity contribution in [1.29, 1.82) is 0 Å². The molecular formula is C9H12N6O2S. The molecule has 2 aromatic heterocycles.